The summed E-state index contributed by atoms with van der Waals surface area (Å²) < 4.78 is 0. The third kappa shape index (κ3) is 3.99. The Hall–Kier alpha value is -2.67. The number of anilines is 1. The molecule has 1 unspecified atom stereocenters. The summed E-state index contributed by atoms with van der Waals surface area (Å²) in [6.07, 6.45) is 3.13. The van der Waals surface area contributed by atoms with Crippen LogP contribution < -0.4 is 16.0 Å². The van der Waals surface area contributed by atoms with Crippen molar-refractivity contribution in [3.63, 3.8) is 0 Å². The Morgan fingerprint density at radius 2 is 1.88 bits per heavy atom. The number of nitrogens with zero attached hydrogens (tertiary/aromatic N) is 1. The van der Waals surface area contributed by atoms with Gasteiger partial charge in [-0.25, -0.2) is 0 Å². The Morgan fingerprint density at radius 3 is 2.54 bits per heavy atom. The molecule has 2 heterocycles. The summed E-state index contributed by atoms with van der Waals surface area (Å²) in [7, 11) is 0. The number of amides is 2. The van der Waals surface area contributed by atoms with Crippen LogP contribution in [0.15, 0.2) is 42.6 Å². The third-order valence-electron chi connectivity index (χ3n) is 4.15. The lowest BCUT2D eigenvalue weighted by molar-refractivity contribution is -0.130. The quantitative estimate of drug-likeness (QED) is 0.663. The minimum atomic E-state index is -0.739. The third-order valence-corrected chi connectivity index (χ3v) is 4.15. The van der Waals surface area contributed by atoms with Crippen LogP contribution in [0.5, 0.6) is 0 Å². The van der Waals surface area contributed by atoms with Crippen molar-refractivity contribution in [1.82, 2.24) is 20.8 Å². The predicted octanol–water partition coefficient (Wildman–Crippen LogP) is 1.21. The molecule has 1 fully saturated rings. The zero-order valence-corrected chi connectivity index (χ0v) is 13.3. The molecular weight excluding hydrogens is 306 g/mol. The molecule has 7 heteroatoms. The first-order valence-corrected chi connectivity index (χ1v) is 8.10. The van der Waals surface area contributed by atoms with Crippen molar-refractivity contribution in [3.05, 3.63) is 48.2 Å². The van der Waals surface area contributed by atoms with Gasteiger partial charge in [-0.05, 0) is 31.5 Å². The summed E-state index contributed by atoms with van der Waals surface area (Å²) in [5.41, 5.74) is 0.747. The molecule has 1 atom stereocenters. The van der Waals surface area contributed by atoms with Gasteiger partial charge >= 0.3 is 0 Å². The van der Waals surface area contributed by atoms with Crippen LogP contribution in [-0.2, 0) is 9.59 Å². The highest BCUT2D eigenvalue weighted by atomic mass is 16.2. The molecule has 0 radical (unpaired) electrons. The summed E-state index contributed by atoms with van der Waals surface area (Å²) in [5, 5.41) is 15.4. The number of aromatic amines is 1. The standard InChI is InChI=1S/C17H21N5O2/c23-16(13-6-9-18-10-7-13)21-15(12-4-2-1-3-5-12)17(24)20-14-8-11-19-22-14/h1-5,8,11,13,15,18H,6-7,9-10H2,(H,21,23)(H2,19,20,22,24). The van der Waals surface area contributed by atoms with Gasteiger partial charge in [0.15, 0.2) is 0 Å². The second-order valence-corrected chi connectivity index (χ2v) is 5.84. The molecule has 7 nitrogen and oxygen atoms in total. The minimum absolute atomic E-state index is 0.0579. The van der Waals surface area contributed by atoms with Crippen LogP contribution in [0, 0.1) is 5.92 Å². The monoisotopic (exact) mass is 327 g/mol. The van der Waals surface area contributed by atoms with E-state index in [-0.39, 0.29) is 17.7 Å². The van der Waals surface area contributed by atoms with Crippen molar-refractivity contribution in [1.29, 1.82) is 0 Å². The van der Waals surface area contributed by atoms with Gasteiger partial charge in [-0.2, -0.15) is 5.10 Å². The van der Waals surface area contributed by atoms with Gasteiger partial charge in [0.2, 0.25) is 5.91 Å². The molecule has 0 saturated carbocycles. The van der Waals surface area contributed by atoms with E-state index in [0.717, 1.165) is 31.5 Å². The normalized spacial score (nSPS) is 16.3. The zero-order valence-electron chi connectivity index (χ0n) is 13.3. The molecule has 24 heavy (non-hydrogen) atoms. The number of piperidine rings is 1. The van der Waals surface area contributed by atoms with E-state index in [1.54, 1.807) is 12.3 Å². The van der Waals surface area contributed by atoms with Gasteiger partial charge in [0.25, 0.3) is 5.91 Å². The number of benzene rings is 1. The molecule has 2 aromatic rings. The average molecular weight is 327 g/mol. The number of nitrogens with one attached hydrogen (secondary N) is 4. The van der Waals surface area contributed by atoms with Crippen LogP contribution in [-0.4, -0.2) is 35.1 Å². The first-order valence-electron chi connectivity index (χ1n) is 8.10. The molecule has 0 aliphatic carbocycles. The van der Waals surface area contributed by atoms with Crippen LogP contribution in [0.4, 0.5) is 5.82 Å². The Morgan fingerprint density at radius 1 is 1.12 bits per heavy atom. The van der Waals surface area contributed by atoms with Crippen molar-refractivity contribution >= 4 is 17.6 Å². The van der Waals surface area contributed by atoms with Gasteiger partial charge in [0.05, 0.1) is 6.20 Å². The summed E-state index contributed by atoms with van der Waals surface area (Å²) in [6, 6.07) is 10.2. The van der Waals surface area contributed by atoms with E-state index in [2.05, 4.69) is 26.1 Å². The fourth-order valence-corrected chi connectivity index (χ4v) is 2.82. The van der Waals surface area contributed by atoms with Gasteiger partial charge in [-0.1, -0.05) is 30.3 Å². The second kappa shape index (κ2) is 7.74. The van der Waals surface area contributed by atoms with Crippen LogP contribution in [0.25, 0.3) is 0 Å². The number of hydrogen-bond acceptors (Lipinski definition) is 4. The van der Waals surface area contributed by atoms with E-state index in [1.165, 1.54) is 0 Å². The number of H-pyrrole nitrogens is 1. The minimum Gasteiger partial charge on any atom is -0.340 e. The molecule has 1 aromatic carbocycles. The van der Waals surface area contributed by atoms with E-state index in [4.69, 9.17) is 0 Å². The zero-order chi connectivity index (χ0) is 16.8. The molecule has 126 valence electrons. The number of aromatic nitrogens is 2. The van der Waals surface area contributed by atoms with Gasteiger partial charge < -0.3 is 16.0 Å². The number of carbonyl (C=O) groups excluding carboxylic acids is 2. The molecule has 0 spiro atoms. The van der Waals surface area contributed by atoms with Gasteiger partial charge in [0.1, 0.15) is 11.9 Å². The van der Waals surface area contributed by atoms with E-state index < -0.39 is 6.04 Å². The maximum absolute atomic E-state index is 12.6. The topological polar surface area (TPSA) is 98.9 Å². The molecule has 1 aliphatic heterocycles. The smallest absolute Gasteiger partial charge is 0.252 e. The average Bonchev–Trinajstić information content (AvgIpc) is 3.14. The number of carbonyl (C=O) groups is 2. The molecule has 2 amide bonds. The highest BCUT2D eigenvalue weighted by Crippen LogP contribution is 2.18. The molecule has 4 N–H and O–H groups in total. The Labute approximate surface area is 140 Å². The first kappa shape index (κ1) is 16.2. The molecule has 1 aromatic heterocycles. The van der Waals surface area contributed by atoms with E-state index in [0.29, 0.717) is 5.82 Å². The lowest BCUT2D eigenvalue weighted by atomic mass is 9.96. The summed E-state index contributed by atoms with van der Waals surface area (Å²) in [5.74, 6) is 0.0623. The molecule has 3 rings (SSSR count). The second-order valence-electron chi connectivity index (χ2n) is 5.84. The van der Waals surface area contributed by atoms with E-state index in [9.17, 15) is 9.59 Å². The van der Waals surface area contributed by atoms with Crippen molar-refractivity contribution in [3.8, 4) is 0 Å². The van der Waals surface area contributed by atoms with Crippen molar-refractivity contribution in [2.45, 2.75) is 18.9 Å². The van der Waals surface area contributed by atoms with Crippen molar-refractivity contribution in [2.75, 3.05) is 18.4 Å². The van der Waals surface area contributed by atoms with Gasteiger partial charge in [-0.3, -0.25) is 14.7 Å². The van der Waals surface area contributed by atoms with Crippen molar-refractivity contribution < 1.29 is 9.59 Å². The summed E-state index contributed by atoms with van der Waals surface area (Å²) >= 11 is 0. The molecule has 0 bridgehead atoms. The highest BCUT2D eigenvalue weighted by molar-refractivity contribution is 5.97. The first-order chi connectivity index (χ1) is 11.7. The Balaban J connectivity index is 1.74. The fourth-order valence-electron chi connectivity index (χ4n) is 2.82. The summed E-state index contributed by atoms with van der Waals surface area (Å²) in [4.78, 5) is 25.2. The molecule has 1 saturated heterocycles. The molecular formula is C17H21N5O2. The van der Waals surface area contributed by atoms with Crippen molar-refractivity contribution in [2.24, 2.45) is 5.92 Å². The largest absolute Gasteiger partial charge is 0.340 e. The Kier molecular flexibility index (Phi) is 5.22. The van der Waals surface area contributed by atoms with Crippen LogP contribution in [0.1, 0.15) is 24.4 Å². The van der Waals surface area contributed by atoms with Crippen LogP contribution in [0.3, 0.4) is 0 Å². The lowest BCUT2D eigenvalue weighted by Crippen LogP contribution is -2.43. The highest BCUT2D eigenvalue weighted by Gasteiger charge is 2.27. The summed E-state index contributed by atoms with van der Waals surface area (Å²) in [6.45, 7) is 1.66. The lowest BCUT2D eigenvalue weighted by Gasteiger charge is -2.25. The molecule has 1 aliphatic rings. The predicted molar refractivity (Wildman–Crippen MR) is 90.1 cm³/mol. The SMILES string of the molecule is O=C(NC(C(=O)Nc1ccn[nH]1)c1ccccc1)C1CCNCC1. The van der Waals surface area contributed by atoms with Crippen LogP contribution >= 0.6 is 0 Å². The Bertz CT molecular complexity index is 666. The van der Waals surface area contributed by atoms with Gasteiger partial charge in [0, 0.05) is 12.0 Å². The van der Waals surface area contributed by atoms with E-state index in [1.807, 2.05) is 30.3 Å². The van der Waals surface area contributed by atoms with Crippen LogP contribution in [0.2, 0.25) is 0 Å². The van der Waals surface area contributed by atoms with E-state index >= 15 is 0 Å². The maximum Gasteiger partial charge on any atom is 0.252 e. The number of hydrogen-bond donors (Lipinski definition) is 4. The fraction of sp³-hybridized carbons (Fsp3) is 0.353. The number of rotatable bonds is 5. The maximum atomic E-state index is 12.6. The van der Waals surface area contributed by atoms with Gasteiger partial charge in [-0.15, -0.1) is 0 Å².